The van der Waals surface area contributed by atoms with Gasteiger partial charge in [-0.25, -0.2) is 0 Å². The molecule has 2 amide bonds. The Morgan fingerprint density at radius 2 is 1.89 bits per heavy atom. The maximum absolute atomic E-state index is 13.4. The van der Waals surface area contributed by atoms with E-state index in [1.165, 1.54) is 5.56 Å². The van der Waals surface area contributed by atoms with Crippen molar-refractivity contribution in [2.45, 2.75) is 50.6 Å². The number of carbonyl (C=O) groups excluding carboxylic acids is 2. The van der Waals surface area contributed by atoms with Crippen molar-refractivity contribution in [3.63, 3.8) is 0 Å². The number of anilines is 1. The smallest absolute Gasteiger partial charge is 0.247 e. The highest BCUT2D eigenvalue weighted by Gasteiger charge is 2.34. The largest absolute Gasteiger partial charge is 0.399 e. The number of benzene rings is 2. The van der Waals surface area contributed by atoms with Crippen molar-refractivity contribution < 1.29 is 9.59 Å². The Bertz CT molecular complexity index is 865. The van der Waals surface area contributed by atoms with Gasteiger partial charge in [-0.2, -0.15) is 0 Å². The Labute approximate surface area is 165 Å². The number of carbonyl (C=O) groups is 2. The van der Waals surface area contributed by atoms with Gasteiger partial charge in [0.1, 0.15) is 6.04 Å². The van der Waals surface area contributed by atoms with E-state index >= 15 is 0 Å². The molecule has 1 aliphatic carbocycles. The summed E-state index contributed by atoms with van der Waals surface area (Å²) in [7, 11) is 0. The Balaban J connectivity index is 1.61. The van der Waals surface area contributed by atoms with Gasteiger partial charge < -0.3 is 16.0 Å². The molecule has 1 fully saturated rings. The van der Waals surface area contributed by atoms with Crippen LogP contribution in [0.5, 0.6) is 0 Å². The molecule has 4 rings (SSSR count). The first-order valence-electron chi connectivity index (χ1n) is 10.2. The van der Waals surface area contributed by atoms with E-state index in [0.717, 1.165) is 48.9 Å². The van der Waals surface area contributed by atoms with Crippen molar-refractivity contribution in [2.75, 3.05) is 12.3 Å². The number of likely N-dealkylation sites (tertiary alicyclic amines) is 1. The van der Waals surface area contributed by atoms with E-state index in [2.05, 4.69) is 5.32 Å². The van der Waals surface area contributed by atoms with Crippen LogP contribution >= 0.6 is 0 Å². The highest BCUT2D eigenvalue weighted by Crippen LogP contribution is 2.33. The van der Waals surface area contributed by atoms with Crippen LogP contribution in [0, 0.1) is 0 Å². The van der Waals surface area contributed by atoms with Gasteiger partial charge in [-0.1, -0.05) is 36.4 Å². The van der Waals surface area contributed by atoms with E-state index in [-0.39, 0.29) is 17.9 Å². The fourth-order valence-corrected chi connectivity index (χ4v) is 4.44. The molecule has 2 atom stereocenters. The van der Waals surface area contributed by atoms with Crippen LogP contribution in [0.3, 0.4) is 0 Å². The molecule has 3 N–H and O–H groups in total. The fourth-order valence-electron chi connectivity index (χ4n) is 4.44. The summed E-state index contributed by atoms with van der Waals surface area (Å²) in [5.41, 5.74) is 9.91. The molecule has 0 radical (unpaired) electrons. The average molecular weight is 377 g/mol. The molecule has 5 nitrogen and oxygen atoms in total. The molecule has 146 valence electrons. The Hall–Kier alpha value is -2.82. The number of hydrogen-bond donors (Lipinski definition) is 2. The molecule has 1 aliphatic heterocycles. The maximum Gasteiger partial charge on any atom is 0.247 e. The van der Waals surface area contributed by atoms with Gasteiger partial charge in [0.05, 0.1) is 6.04 Å². The summed E-state index contributed by atoms with van der Waals surface area (Å²) in [4.78, 5) is 27.7. The highest BCUT2D eigenvalue weighted by atomic mass is 16.2. The van der Waals surface area contributed by atoms with Gasteiger partial charge in [-0.15, -0.1) is 0 Å². The third-order valence-electron chi connectivity index (χ3n) is 5.83. The number of piperidine rings is 1. The summed E-state index contributed by atoms with van der Waals surface area (Å²) < 4.78 is 0. The van der Waals surface area contributed by atoms with Gasteiger partial charge in [-0.05, 0) is 60.9 Å². The molecule has 5 heteroatoms. The van der Waals surface area contributed by atoms with Crippen molar-refractivity contribution in [3.05, 3.63) is 65.2 Å². The van der Waals surface area contributed by atoms with Crippen LogP contribution in [0.25, 0.3) is 0 Å². The number of nitrogen functional groups attached to an aromatic ring is 1. The fraction of sp³-hybridized carbons (Fsp3) is 0.391. The van der Waals surface area contributed by atoms with Crippen LogP contribution in [0.4, 0.5) is 5.69 Å². The van der Waals surface area contributed by atoms with Gasteiger partial charge in [0.2, 0.25) is 11.8 Å². The lowest BCUT2D eigenvalue weighted by atomic mass is 9.87. The molecular weight excluding hydrogens is 350 g/mol. The summed E-state index contributed by atoms with van der Waals surface area (Å²) in [6.07, 6.45) is 5.25. The van der Waals surface area contributed by atoms with E-state index in [4.69, 9.17) is 5.73 Å². The zero-order valence-electron chi connectivity index (χ0n) is 16.1. The van der Waals surface area contributed by atoms with Crippen molar-refractivity contribution in [3.8, 4) is 0 Å². The number of nitrogens with one attached hydrogen (secondary N) is 1. The molecular formula is C23H27N3O2. The maximum atomic E-state index is 13.4. The molecule has 0 bridgehead atoms. The first-order chi connectivity index (χ1) is 13.6. The van der Waals surface area contributed by atoms with Gasteiger partial charge in [0, 0.05) is 18.7 Å². The molecule has 1 heterocycles. The van der Waals surface area contributed by atoms with E-state index in [0.29, 0.717) is 13.0 Å². The van der Waals surface area contributed by atoms with Gasteiger partial charge in [0.25, 0.3) is 0 Å². The van der Waals surface area contributed by atoms with E-state index in [9.17, 15) is 9.59 Å². The summed E-state index contributed by atoms with van der Waals surface area (Å²) >= 11 is 0. The summed E-state index contributed by atoms with van der Waals surface area (Å²) in [6, 6.07) is 14.9. The number of aryl methyl sites for hydroxylation is 1. The SMILES string of the molecule is Nc1ccc2c(c1)CCCC2NC(=O)C(c1ccccc1)N1CCCCC1=O. The Morgan fingerprint density at radius 3 is 2.68 bits per heavy atom. The van der Waals surface area contributed by atoms with Gasteiger partial charge in [0.15, 0.2) is 0 Å². The lowest BCUT2D eigenvalue weighted by Crippen LogP contribution is -2.46. The first kappa shape index (κ1) is 18.5. The van der Waals surface area contributed by atoms with Crippen LogP contribution in [0.15, 0.2) is 48.5 Å². The van der Waals surface area contributed by atoms with E-state index < -0.39 is 6.04 Å². The highest BCUT2D eigenvalue weighted by molar-refractivity contribution is 5.89. The predicted octanol–water partition coefficient (Wildman–Crippen LogP) is 3.52. The molecule has 2 aromatic carbocycles. The predicted molar refractivity (Wildman–Crippen MR) is 109 cm³/mol. The molecule has 1 saturated heterocycles. The molecule has 2 aromatic rings. The van der Waals surface area contributed by atoms with Crippen LogP contribution in [-0.2, 0) is 16.0 Å². The van der Waals surface area contributed by atoms with Crippen LogP contribution in [-0.4, -0.2) is 23.3 Å². The van der Waals surface area contributed by atoms with E-state index in [1.54, 1.807) is 4.90 Å². The average Bonchev–Trinajstić information content (AvgIpc) is 2.70. The topological polar surface area (TPSA) is 75.4 Å². The molecule has 0 saturated carbocycles. The van der Waals surface area contributed by atoms with Crippen molar-refractivity contribution >= 4 is 17.5 Å². The van der Waals surface area contributed by atoms with E-state index in [1.807, 2.05) is 48.5 Å². The summed E-state index contributed by atoms with van der Waals surface area (Å²) in [5.74, 6) is -0.0387. The number of nitrogens with zero attached hydrogens (tertiary/aromatic N) is 1. The zero-order chi connectivity index (χ0) is 19.5. The molecule has 0 aromatic heterocycles. The monoisotopic (exact) mass is 377 g/mol. The number of fused-ring (bicyclic) bond motifs is 1. The Morgan fingerprint density at radius 1 is 1.07 bits per heavy atom. The number of nitrogens with two attached hydrogens (primary N) is 1. The summed E-state index contributed by atoms with van der Waals surface area (Å²) in [5, 5.41) is 3.24. The molecule has 0 spiro atoms. The molecule has 2 unspecified atom stereocenters. The van der Waals surface area contributed by atoms with Crippen molar-refractivity contribution in [1.29, 1.82) is 0 Å². The second-order valence-corrected chi connectivity index (χ2v) is 7.77. The zero-order valence-corrected chi connectivity index (χ0v) is 16.1. The minimum Gasteiger partial charge on any atom is -0.399 e. The van der Waals surface area contributed by atoms with Gasteiger partial charge >= 0.3 is 0 Å². The lowest BCUT2D eigenvalue weighted by molar-refractivity contribution is -0.143. The van der Waals surface area contributed by atoms with Crippen LogP contribution in [0.2, 0.25) is 0 Å². The number of amides is 2. The second-order valence-electron chi connectivity index (χ2n) is 7.77. The molecule has 28 heavy (non-hydrogen) atoms. The first-order valence-corrected chi connectivity index (χ1v) is 10.2. The van der Waals surface area contributed by atoms with Gasteiger partial charge in [-0.3, -0.25) is 9.59 Å². The minimum absolute atomic E-state index is 0.0389. The normalized spacial score (nSPS) is 20.4. The number of rotatable bonds is 4. The van der Waals surface area contributed by atoms with Crippen LogP contribution in [0.1, 0.15) is 60.9 Å². The third-order valence-corrected chi connectivity index (χ3v) is 5.83. The number of hydrogen-bond acceptors (Lipinski definition) is 3. The summed E-state index contributed by atoms with van der Waals surface area (Å²) in [6.45, 7) is 0.629. The van der Waals surface area contributed by atoms with Crippen molar-refractivity contribution in [1.82, 2.24) is 10.2 Å². The van der Waals surface area contributed by atoms with Crippen LogP contribution < -0.4 is 11.1 Å². The molecule has 2 aliphatic rings. The minimum atomic E-state index is -0.576. The lowest BCUT2D eigenvalue weighted by Gasteiger charge is -2.36. The quantitative estimate of drug-likeness (QED) is 0.801. The standard InChI is InChI=1S/C23H27N3O2/c24-18-12-13-19-17(15-18)9-6-10-20(19)25-23(28)22(16-7-2-1-3-8-16)26-14-5-4-11-21(26)27/h1-3,7-8,12-13,15,20,22H,4-6,9-11,14,24H2,(H,25,28). The second kappa shape index (κ2) is 8.05. The Kier molecular flexibility index (Phi) is 5.33. The third kappa shape index (κ3) is 3.75. The van der Waals surface area contributed by atoms with Crippen molar-refractivity contribution in [2.24, 2.45) is 0 Å².